The van der Waals surface area contributed by atoms with Crippen molar-refractivity contribution in [1.82, 2.24) is 0 Å². The topological polar surface area (TPSA) is 259 Å². The van der Waals surface area contributed by atoms with Crippen LogP contribution in [-0.4, -0.2) is 133 Å². The van der Waals surface area contributed by atoms with Crippen LogP contribution < -0.4 is 5.73 Å². The van der Waals surface area contributed by atoms with Gasteiger partial charge in [0.05, 0.1) is 19.3 Å². The highest BCUT2D eigenvalue weighted by Gasteiger charge is 2.69. The minimum Gasteiger partial charge on any atom is -0.479 e. The number of aliphatic hydroxyl groups is 7. The Morgan fingerprint density at radius 3 is 2.11 bits per heavy atom. The highest BCUT2D eigenvalue weighted by molar-refractivity contribution is 5.80. The van der Waals surface area contributed by atoms with Gasteiger partial charge in [0, 0.05) is 10.8 Å². The number of rotatable bonds is 8. The Morgan fingerprint density at radius 2 is 1.47 bits per heavy atom. The summed E-state index contributed by atoms with van der Waals surface area (Å²) in [7, 11) is 0. The number of nitrogens with two attached hydrogens (primary N) is 1. The van der Waals surface area contributed by atoms with Crippen LogP contribution in [0.1, 0.15) is 106 Å². The van der Waals surface area contributed by atoms with Gasteiger partial charge in [-0.25, -0.2) is 4.79 Å². The van der Waals surface area contributed by atoms with Gasteiger partial charge in [-0.2, -0.15) is 0 Å². The highest BCUT2D eigenvalue weighted by atomic mass is 16.8. The van der Waals surface area contributed by atoms with E-state index >= 15 is 0 Å². The summed E-state index contributed by atoms with van der Waals surface area (Å²) in [6.45, 7) is 12.6. The van der Waals surface area contributed by atoms with Crippen molar-refractivity contribution in [2.75, 3.05) is 13.2 Å². The fourth-order valence-corrected chi connectivity index (χ4v) is 13.6. The third-order valence-electron chi connectivity index (χ3n) is 17.7. The molecule has 0 aromatic heterocycles. The summed E-state index contributed by atoms with van der Waals surface area (Å²) >= 11 is 0. The van der Waals surface area contributed by atoms with E-state index in [9.17, 15) is 50.4 Å². The molecule has 15 heteroatoms. The van der Waals surface area contributed by atoms with E-state index in [0.717, 1.165) is 57.8 Å². The van der Waals surface area contributed by atoms with Crippen molar-refractivity contribution >= 4 is 11.9 Å². The lowest BCUT2D eigenvalue weighted by Gasteiger charge is -2.71. The lowest BCUT2D eigenvalue weighted by molar-refractivity contribution is -0.375. The van der Waals surface area contributed by atoms with Gasteiger partial charge in [-0.05, 0) is 104 Å². The first-order valence-electron chi connectivity index (χ1n) is 21.0. The van der Waals surface area contributed by atoms with E-state index in [0.29, 0.717) is 6.42 Å². The van der Waals surface area contributed by atoms with Crippen molar-refractivity contribution in [2.24, 2.45) is 56.0 Å². The van der Waals surface area contributed by atoms with Crippen LogP contribution in [0.25, 0.3) is 0 Å². The van der Waals surface area contributed by atoms with Crippen LogP contribution >= 0.6 is 0 Å². The number of fused-ring (bicyclic) bond motifs is 7. The van der Waals surface area contributed by atoms with Crippen LogP contribution in [0.4, 0.5) is 0 Å². The molecule has 0 spiro atoms. The summed E-state index contributed by atoms with van der Waals surface area (Å²) in [5.41, 5.74) is 5.81. The SMILES string of the molecule is C[C@@]1(C(N)=O)CC[C@@]2(C)CC[C@@]3(C)C(=CC[C@H]4[C@]5(C)CC[C@@H](O[C@H]6O[C@@H](C(=O)O)[C@H](O)[C@@H](O)[C@@H]6O[C@H]6O[C@@H](CO)[C@H](O)[C@@H](O)[C@@H]6O)[C@](C)(CO)[C@H]5CC[C@]43C)[C@@H]2C1. The molecule has 0 radical (unpaired) electrons. The zero-order valence-electron chi connectivity index (χ0n) is 34.3. The Hall–Kier alpha value is -1.76. The molecule has 0 bridgehead atoms. The average molecular weight is 810 g/mol. The van der Waals surface area contributed by atoms with Crippen LogP contribution in [-0.2, 0) is 28.5 Å². The molecule has 6 fully saturated rings. The number of allylic oxidation sites excluding steroid dienone is 2. The number of hydrogen-bond acceptors (Lipinski definition) is 13. The predicted molar refractivity (Wildman–Crippen MR) is 201 cm³/mol. The van der Waals surface area contributed by atoms with E-state index < -0.39 is 90.9 Å². The molecule has 2 aliphatic heterocycles. The van der Waals surface area contributed by atoms with E-state index in [-0.39, 0.29) is 51.9 Å². The molecule has 7 aliphatic rings. The third-order valence-corrected chi connectivity index (χ3v) is 17.7. The van der Waals surface area contributed by atoms with Crippen LogP contribution in [0.15, 0.2) is 11.6 Å². The summed E-state index contributed by atoms with van der Waals surface area (Å²) in [5.74, 6) is -1.27. The van der Waals surface area contributed by atoms with Gasteiger partial charge in [0.1, 0.15) is 42.7 Å². The number of carbonyl (C=O) groups excluding carboxylic acids is 1. The first-order chi connectivity index (χ1) is 26.5. The molecule has 7 rings (SSSR count). The van der Waals surface area contributed by atoms with Crippen molar-refractivity contribution in [3.63, 3.8) is 0 Å². The van der Waals surface area contributed by atoms with Crippen molar-refractivity contribution in [1.29, 1.82) is 0 Å². The second-order valence-electron chi connectivity index (χ2n) is 20.5. The molecular formula is C42H67NO14. The molecule has 0 unspecified atom stereocenters. The first kappa shape index (κ1) is 43.3. The largest absolute Gasteiger partial charge is 0.479 e. The summed E-state index contributed by atoms with van der Waals surface area (Å²) in [4.78, 5) is 24.9. The number of carbonyl (C=O) groups is 2. The lowest BCUT2D eigenvalue weighted by Crippen LogP contribution is -2.68. The molecule has 324 valence electrons. The van der Waals surface area contributed by atoms with Gasteiger partial charge in [-0.15, -0.1) is 0 Å². The van der Waals surface area contributed by atoms with Crippen LogP contribution in [0, 0.1) is 50.2 Å². The molecule has 15 nitrogen and oxygen atoms in total. The molecule has 10 N–H and O–H groups in total. The Morgan fingerprint density at radius 1 is 0.789 bits per heavy atom. The maximum Gasteiger partial charge on any atom is 0.335 e. The van der Waals surface area contributed by atoms with Crippen LogP contribution in [0.2, 0.25) is 0 Å². The number of hydrogen-bond donors (Lipinski definition) is 9. The molecule has 1 amide bonds. The minimum absolute atomic E-state index is 0.0359. The van der Waals surface area contributed by atoms with Gasteiger partial charge in [-0.3, -0.25) is 4.79 Å². The van der Waals surface area contributed by atoms with Crippen LogP contribution in [0.5, 0.6) is 0 Å². The van der Waals surface area contributed by atoms with Gasteiger partial charge in [0.25, 0.3) is 0 Å². The number of carboxylic acids is 1. The smallest absolute Gasteiger partial charge is 0.335 e. The molecule has 2 heterocycles. The molecule has 57 heavy (non-hydrogen) atoms. The van der Waals surface area contributed by atoms with Gasteiger partial charge < -0.3 is 65.5 Å². The van der Waals surface area contributed by atoms with Crippen molar-refractivity contribution in [3.05, 3.63) is 11.6 Å². The monoisotopic (exact) mass is 809 g/mol. The van der Waals surface area contributed by atoms with E-state index in [4.69, 9.17) is 24.7 Å². The molecule has 0 aromatic rings. The first-order valence-corrected chi connectivity index (χ1v) is 21.0. The van der Waals surface area contributed by atoms with E-state index in [1.807, 2.05) is 13.8 Å². The maximum atomic E-state index is 12.7. The third kappa shape index (κ3) is 6.39. The van der Waals surface area contributed by atoms with E-state index in [2.05, 4.69) is 33.8 Å². The number of aliphatic hydroxyl groups excluding tert-OH is 7. The fraction of sp³-hybridized carbons (Fsp3) is 0.905. The minimum atomic E-state index is -1.98. The Balaban J connectivity index is 1.17. The van der Waals surface area contributed by atoms with Gasteiger partial charge in [0.2, 0.25) is 5.91 Å². The van der Waals surface area contributed by atoms with E-state index in [1.165, 1.54) is 5.57 Å². The summed E-state index contributed by atoms with van der Waals surface area (Å²) in [5, 5.41) is 84.5. The van der Waals surface area contributed by atoms with Gasteiger partial charge >= 0.3 is 5.97 Å². The summed E-state index contributed by atoms with van der Waals surface area (Å²) in [6, 6.07) is 0. The predicted octanol–water partition coefficient (Wildman–Crippen LogP) is 1.35. The molecule has 5 aliphatic carbocycles. The van der Waals surface area contributed by atoms with Gasteiger partial charge in [-0.1, -0.05) is 53.2 Å². The Kier molecular flexibility index (Phi) is 11.2. The Labute approximate surface area is 334 Å². The molecule has 0 aromatic carbocycles. The van der Waals surface area contributed by atoms with Crippen LogP contribution in [0.3, 0.4) is 0 Å². The summed E-state index contributed by atoms with van der Waals surface area (Å²) in [6.07, 6.45) is -7.30. The quantitative estimate of drug-likeness (QED) is 0.124. The second kappa shape index (κ2) is 14.7. The molecule has 4 saturated carbocycles. The summed E-state index contributed by atoms with van der Waals surface area (Å²) < 4.78 is 23.8. The van der Waals surface area contributed by atoms with Gasteiger partial charge in [0.15, 0.2) is 18.7 Å². The number of ether oxygens (including phenoxy) is 4. The second-order valence-corrected chi connectivity index (χ2v) is 20.5. The Bertz CT molecular complexity index is 1590. The molecule has 2 saturated heterocycles. The van der Waals surface area contributed by atoms with E-state index in [1.54, 1.807) is 0 Å². The average Bonchev–Trinajstić information content (AvgIpc) is 3.16. The zero-order valence-corrected chi connectivity index (χ0v) is 34.3. The lowest BCUT2D eigenvalue weighted by atomic mass is 9.33. The fourth-order valence-electron chi connectivity index (χ4n) is 13.6. The number of primary amides is 1. The standard InChI is InChI=1S/C42H67NO14/c1-37-13-14-38(2,36(43)53)17-21(37)20-7-8-24-39(3)11-10-25(40(4,19-45)23(39)9-12-42(24,6)41(20,5)16-15-37)55-35-32(29(49)28(48)31(56-35)33(51)52)57-34-30(50)27(47)26(46)22(18-44)54-34/h7,21-32,34-35,44-50H,8-19H2,1-6H3,(H2,43,53)(H,51,52)/t21-,22-,23-,24-,25+,26-,27+,28+,29+,30-,31+,32-,34+,35-,37-,38+,39+,40+,41-,42+/m0/s1. The van der Waals surface area contributed by atoms with Crippen molar-refractivity contribution in [2.45, 2.75) is 173 Å². The molecular weight excluding hydrogens is 742 g/mol. The zero-order chi connectivity index (χ0) is 41.8. The number of amides is 1. The number of aliphatic carboxylic acids is 1. The molecule has 20 atom stereocenters. The van der Waals surface area contributed by atoms with Crippen molar-refractivity contribution < 1.29 is 69.4 Å². The van der Waals surface area contributed by atoms with Crippen molar-refractivity contribution in [3.8, 4) is 0 Å². The normalized spacial score (nSPS) is 55.0. The maximum absolute atomic E-state index is 12.7. The highest BCUT2D eigenvalue weighted by Crippen LogP contribution is 2.76. The number of carboxylic acid groups (broad SMARTS) is 1.